The number of nitrogens with zero attached hydrogens (tertiary/aromatic N) is 1. The summed E-state index contributed by atoms with van der Waals surface area (Å²) in [5.41, 5.74) is 0.398. The van der Waals surface area contributed by atoms with Crippen molar-refractivity contribution in [3.05, 3.63) is 35.4 Å². The Morgan fingerprint density at radius 2 is 1.88 bits per heavy atom. The second kappa shape index (κ2) is 5.08. The summed E-state index contributed by atoms with van der Waals surface area (Å²) in [7, 11) is 0. The van der Waals surface area contributed by atoms with Crippen molar-refractivity contribution in [2.45, 2.75) is 25.4 Å². The van der Waals surface area contributed by atoms with Gasteiger partial charge in [-0.25, -0.2) is 5.32 Å². The van der Waals surface area contributed by atoms with Crippen molar-refractivity contribution in [1.82, 2.24) is 5.32 Å². The Morgan fingerprint density at radius 1 is 1.18 bits per heavy atom. The Hall–Kier alpha value is -1.03. The van der Waals surface area contributed by atoms with Crippen molar-refractivity contribution < 1.29 is 13.2 Å². The Balaban J connectivity index is 1.98. The Kier molecular flexibility index (Phi) is 3.72. The van der Waals surface area contributed by atoms with Crippen molar-refractivity contribution in [3.63, 3.8) is 0 Å². The van der Waals surface area contributed by atoms with E-state index in [2.05, 4.69) is 5.32 Å². The molecule has 2 rings (SSSR count). The number of piperidine rings is 1. The minimum atomic E-state index is -4.24. The lowest BCUT2D eigenvalue weighted by Gasteiger charge is -2.21. The molecule has 1 atom stereocenters. The first-order valence-electron chi connectivity index (χ1n) is 5.85. The highest BCUT2D eigenvalue weighted by Gasteiger charge is 2.30. The zero-order valence-corrected chi connectivity index (χ0v) is 9.50. The van der Waals surface area contributed by atoms with Gasteiger partial charge >= 0.3 is 6.18 Å². The van der Waals surface area contributed by atoms with Crippen molar-refractivity contribution in [2.24, 2.45) is 5.92 Å². The lowest BCUT2D eigenvalue weighted by Crippen LogP contribution is -2.25. The predicted molar refractivity (Wildman–Crippen MR) is 59.7 cm³/mol. The van der Waals surface area contributed by atoms with Crippen LogP contribution >= 0.6 is 0 Å². The highest BCUT2D eigenvalue weighted by atomic mass is 19.4. The summed E-state index contributed by atoms with van der Waals surface area (Å²) in [5.74, 6) is 0.500. The van der Waals surface area contributed by atoms with Gasteiger partial charge in [-0.2, -0.15) is 13.2 Å². The standard InChI is InChI=1S/C13H15F3N/c14-13(15,16)12-5-3-10(4-6-12)8-11-2-1-7-17-9-11/h3-6,11H,1-2,7-9H2. The molecule has 1 heterocycles. The van der Waals surface area contributed by atoms with E-state index in [1.165, 1.54) is 0 Å². The molecule has 0 aromatic heterocycles. The van der Waals surface area contributed by atoms with Crippen LogP contribution in [-0.2, 0) is 12.6 Å². The zero-order valence-electron chi connectivity index (χ0n) is 9.50. The quantitative estimate of drug-likeness (QED) is 0.755. The molecule has 1 saturated heterocycles. The largest absolute Gasteiger partial charge is 0.416 e. The molecule has 1 aromatic rings. The van der Waals surface area contributed by atoms with E-state index in [0.717, 1.165) is 50.0 Å². The lowest BCUT2D eigenvalue weighted by atomic mass is 9.92. The van der Waals surface area contributed by atoms with Gasteiger partial charge in [-0.1, -0.05) is 12.1 Å². The third-order valence-electron chi connectivity index (χ3n) is 3.12. The van der Waals surface area contributed by atoms with Crippen LogP contribution in [0.4, 0.5) is 13.2 Å². The normalized spacial score (nSPS) is 21.5. The van der Waals surface area contributed by atoms with Crippen LogP contribution in [0, 0.1) is 5.92 Å². The molecule has 0 N–H and O–H groups in total. The van der Waals surface area contributed by atoms with Gasteiger partial charge in [0.2, 0.25) is 0 Å². The molecular formula is C13H15F3N. The number of benzene rings is 1. The van der Waals surface area contributed by atoms with E-state index in [1.54, 1.807) is 12.1 Å². The van der Waals surface area contributed by atoms with Crippen LogP contribution in [0.5, 0.6) is 0 Å². The Bertz CT molecular complexity index is 350. The molecule has 1 aromatic carbocycles. The molecule has 1 aliphatic rings. The van der Waals surface area contributed by atoms with Crippen molar-refractivity contribution in [2.75, 3.05) is 13.1 Å². The van der Waals surface area contributed by atoms with E-state index in [4.69, 9.17) is 0 Å². The summed E-state index contributed by atoms with van der Waals surface area (Å²) in [4.78, 5) is 0. The molecule has 0 saturated carbocycles. The number of hydrogen-bond donors (Lipinski definition) is 0. The monoisotopic (exact) mass is 242 g/mol. The minimum absolute atomic E-state index is 0.500. The molecule has 17 heavy (non-hydrogen) atoms. The van der Waals surface area contributed by atoms with Gasteiger partial charge in [0, 0.05) is 13.1 Å². The predicted octanol–water partition coefficient (Wildman–Crippen LogP) is 3.26. The summed E-state index contributed by atoms with van der Waals surface area (Å²) in [6, 6.07) is 5.49. The zero-order chi connectivity index (χ0) is 12.3. The molecule has 0 bridgehead atoms. The third kappa shape index (κ3) is 3.46. The van der Waals surface area contributed by atoms with E-state index in [1.807, 2.05) is 0 Å². The number of rotatable bonds is 2. The fourth-order valence-electron chi connectivity index (χ4n) is 2.19. The maximum Gasteiger partial charge on any atom is 0.416 e. The first kappa shape index (κ1) is 12.4. The highest BCUT2D eigenvalue weighted by molar-refractivity contribution is 5.25. The molecule has 93 valence electrons. The van der Waals surface area contributed by atoms with Gasteiger partial charge in [0.15, 0.2) is 0 Å². The van der Waals surface area contributed by atoms with Gasteiger partial charge < -0.3 is 0 Å². The second-order valence-corrected chi connectivity index (χ2v) is 4.54. The fourth-order valence-corrected chi connectivity index (χ4v) is 2.19. The Morgan fingerprint density at radius 3 is 2.41 bits per heavy atom. The summed E-state index contributed by atoms with van der Waals surface area (Å²) < 4.78 is 37.1. The average Bonchev–Trinajstić information content (AvgIpc) is 2.30. The first-order chi connectivity index (χ1) is 8.05. The molecule has 1 nitrogen and oxygen atoms in total. The molecule has 1 aliphatic heterocycles. The number of halogens is 3. The number of hydrogen-bond acceptors (Lipinski definition) is 0. The summed E-state index contributed by atoms with van der Waals surface area (Å²) in [6.45, 7) is 1.78. The van der Waals surface area contributed by atoms with Gasteiger partial charge in [-0.05, 0) is 42.9 Å². The molecule has 0 aliphatic carbocycles. The van der Waals surface area contributed by atoms with E-state index in [-0.39, 0.29) is 0 Å². The van der Waals surface area contributed by atoms with Crippen LogP contribution in [-0.4, -0.2) is 13.1 Å². The van der Waals surface area contributed by atoms with Gasteiger partial charge in [-0.3, -0.25) is 0 Å². The van der Waals surface area contributed by atoms with Crippen LogP contribution in [0.1, 0.15) is 24.0 Å². The van der Waals surface area contributed by atoms with E-state index < -0.39 is 11.7 Å². The molecule has 1 fully saturated rings. The SMILES string of the molecule is FC(F)(F)c1ccc(CC2CCC[N]C2)cc1. The highest BCUT2D eigenvalue weighted by Crippen LogP contribution is 2.29. The van der Waals surface area contributed by atoms with Gasteiger partial charge in [0.25, 0.3) is 0 Å². The first-order valence-corrected chi connectivity index (χ1v) is 5.85. The molecule has 0 amide bonds. The van der Waals surface area contributed by atoms with Crippen LogP contribution in [0.2, 0.25) is 0 Å². The van der Waals surface area contributed by atoms with Crippen molar-refractivity contribution in [3.8, 4) is 0 Å². The molecule has 1 radical (unpaired) electrons. The van der Waals surface area contributed by atoms with E-state index in [9.17, 15) is 13.2 Å². The summed E-state index contributed by atoms with van der Waals surface area (Å²) in [6.07, 6.45) is -1.17. The van der Waals surface area contributed by atoms with Gasteiger partial charge in [-0.15, -0.1) is 0 Å². The summed E-state index contributed by atoms with van der Waals surface area (Å²) >= 11 is 0. The maximum atomic E-state index is 12.4. The van der Waals surface area contributed by atoms with Crippen LogP contribution in [0.25, 0.3) is 0 Å². The smallest absolute Gasteiger partial charge is 0.241 e. The van der Waals surface area contributed by atoms with Gasteiger partial charge in [0.05, 0.1) is 5.56 Å². The fraction of sp³-hybridized carbons (Fsp3) is 0.538. The average molecular weight is 242 g/mol. The Labute approximate surface area is 99.0 Å². The maximum absolute atomic E-state index is 12.4. The second-order valence-electron chi connectivity index (χ2n) is 4.54. The minimum Gasteiger partial charge on any atom is -0.241 e. The molecule has 4 heteroatoms. The molecule has 1 unspecified atom stereocenters. The van der Waals surface area contributed by atoms with Gasteiger partial charge in [0.1, 0.15) is 0 Å². The van der Waals surface area contributed by atoms with Crippen molar-refractivity contribution in [1.29, 1.82) is 0 Å². The van der Waals surface area contributed by atoms with Crippen LogP contribution < -0.4 is 5.32 Å². The van der Waals surface area contributed by atoms with Crippen molar-refractivity contribution >= 4 is 0 Å². The molecular weight excluding hydrogens is 227 g/mol. The van der Waals surface area contributed by atoms with E-state index in [0.29, 0.717) is 5.92 Å². The summed E-state index contributed by atoms with van der Waals surface area (Å²) in [5, 5.41) is 4.33. The van der Waals surface area contributed by atoms with Crippen LogP contribution in [0.15, 0.2) is 24.3 Å². The lowest BCUT2D eigenvalue weighted by molar-refractivity contribution is -0.137. The van der Waals surface area contributed by atoms with E-state index >= 15 is 0 Å². The topological polar surface area (TPSA) is 14.1 Å². The number of alkyl halides is 3. The molecule has 0 spiro atoms. The third-order valence-corrected chi connectivity index (χ3v) is 3.12. The van der Waals surface area contributed by atoms with Crippen LogP contribution in [0.3, 0.4) is 0 Å².